The zero-order valence-corrected chi connectivity index (χ0v) is 11.1. The van der Waals surface area contributed by atoms with Crippen molar-refractivity contribution in [3.63, 3.8) is 0 Å². The van der Waals surface area contributed by atoms with Crippen molar-refractivity contribution < 1.29 is 14.7 Å². The van der Waals surface area contributed by atoms with E-state index in [2.05, 4.69) is 12.2 Å². The van der Waals surface area contributed by atoms with E-state index >= 15 is 0 Å². The molecule has 0 spiro atoms. The summed E-state index contributed by atoms with van der Waals surface area (Å²) < 4.78 is 0. The predicted octanol–water partition coefficient (Wildman–Crippen LogP) is 1.82. The summed E-state index contributed by atoms with van der Waals surface area (Å²) in [6, 6.07) is 0.0453. The maximum Gasteiger partial charge on any atom is 0.329 e. The van der Waals surface area contributed by atoms with Crippen LogP contribution in [0.1, 0.15) is 46.0 Å². The van der Waals surface area contributed by atoms with Crippen LogP contribution in [0.2, 0.25) is 0 Å². The number of aliphatic carboxylic acids is 1. The van der Waals surface area contributed by atoms with Crippen LogP contribution < -0.4 is 5.32 Å². The van der Waals surface area contributed by atoms with Gasteiger partial charge in [-0.25, -0.2) is 9.59 Å². The number of carbonyl (C=O) groups excluding carboxylic acids is 1. The first-order chi connectivity index (χ1) is 8.51. The highest BCUT2D eigenvalue weighted by Gasteiger charge is 2.50. The van der Waals surface area contributed by atoms with Crippen LogP contribution in [0.15, 0.2) is 0 Å². The number of likely N-dealkylation sites (tertiary alicyclic amines) is 1. The number of carboxylic acid groups (broad SMARTS) is 1. The SMILES string of the molecule is CCCC1(C(=O)O)CCCN1C(=O)NC1CC1C. The molecule has 0 bridgehead atoms. The third kappa shape index (κ3) is 2.18. The van der Waals surface area contributed by atoms with E-state index in [0.29, 0.717) is 25.3 Å². The molecule has 3 unspecified atom stereocenters. The van der Waals surface area contributed by atoms with Crippen LogP contribution in [-0.2, 0) is 4.79 Å². The first-order valence-corrected chi connectivity index (χ1v) is 6.83. The van der Waals surface area contributed by atoms with Gasteiger partial charge in [0.15, 0.2) is 0 Å². The molecule has 0 aromatic carbocycles. The highest BCUT2D eigenvalue weighted by Crippen LogP contribution is 2.35. The normalized spacial score (nSPS) is 34.4. The largest absolute Gasteiger partial charge is 0.479 e. The first-order valence-electron chi connectivity index (χ1n) is 6.83. The van der Waals surface area contributed by atoms with Crippen LogP contribution in [0.25, 0.3) is 0 Å². The number of rotatable bonds is 4. The summed E-state index contributed by atoms with van der Waals surface area (Å²) in [5.41, 5.74) is -0.975. The highest BCUT2D eigenvalue weighted by atomic mass is 16.4. The molecule has 2 N–H and O–H groups in total. The molecule has 102 valence electrons. The minimum Gasteiger partial charge on any atom is -0.479 e. The number of nitrogens with zero attached hydrogens (tertiary/aromatic N) is 1. The average Bonchev–Trinajstić information content (AvgIpc) is 2.83. The molecule has 1 aliphatic carbocycles. The number of amides is 2. The van der Waals surface area contributed by atoms with E-state index in [1.807, 2.05) is 6.92 Å². The molecule has 2 amide bonds. The molecular weight excluding hydrogens is 232 g/mol. The lowest BCUT2D eigenvalue weighted by molar-refractivity contribution is -0.148. The van der Waals surface area contributed by atoms with E-state index in [0.717, 1.165) is 19.3 Å². The molecular formula is C13H22N2O3. The van der Waals surface area contributed by atoms with E-state index in [-0.39, 0.29) is 12.1 Å². The van der Waals surface area contributed by atoms with Crippen molar-refractivity contribution in [3.05, 3.63) is 0 Å². The summed E-state index contributed by atoms with van der Waals surface area (Å²) in [7, 11) is 0. The topological polar surface area (TPSA) is 69.6 Å². The predicted molar refractivity (Wildman–Crippen MR) is 67.3 cm³/mol. The van der Waals surface area contributed by atoms with Crippen LogP contribution in [0.5, 0.6) is 0 Å². The Bertz CT molecular complexity index is 358. The molecule has 5 nitrogen and oxygen atoms in total. The third-order valence-electron chi connectivity index (χ3n) is 4.21. The Morgan fingerprint density at radius 1 is 1.50 bits per heavy atom. The number of carbonyl (C=O) groups is 2. The lowest BCUT2D eigenvalue weighted by Gasteiger charge is -2.34. The van der Waals surface area contributed by atoms with Crippen molar-refractivity contribution in [2.24, 2.45) is 5.92 Å². The monoisotopic (exact) mass is 254 g/mol. The molecule has 2 aliphatic rings. The molecule has 2 rings (SSSR count). The summed E-state index contributed by atoms with van der Waals surface area (Å²) >= 11 is 0. The summed E-state index contributed by atoms with van der Waals surface area (Å²) in [6.07, 6.45) is 3.67. The van der Waals surface area contributed by atoms with Gasteiger partial charge in [0.2, 0.25) is 0 Å². The summed E-state index contributed by atoms with van der Waals surface area (Å²) in [5, 5.41) is 12.4. The fourth-order valence-electron chi connectivity index (χ4n) is 2.94. The van der Waals surface area contributed by atoms with Gasteiger partial charge >= 0.3 is 12.0 Å². The second-order valence-corrected chi connectivity index (χ2v) is 5.61. The van der Waals surface area contributed by atoms with Gasteiger partial charge in [-0.3, -0.25) is 0 Å². The van der Waals surface area contributed by atoms with Crippen LogP contribution >= 0.6 is 0 Å². The van der Waals surface area contributed by atoms with Gasteiger partial charge < -0.3 is 15.3 Å². The molecule has 1 aliphatic heterocycles. The number of hydrogen-bond acceptors (Lipinski definition) is 2. The van der Waals surface area contributed by atoms with Crippen molar-refractivity contribution >= 4 is 12.0 Å². The van der Waals surface area contributed by atoms with E-state index in [4.69, 9.17) is 0 Å². The molecule has 5 heteroatoms. The van der Waals surface area contributed by atoms with Gasteiger partial charge in [-0.05, 0) is 31.6 Å². The van der Waals surface area contributed by atoms with E-state index in [1.54, 1.807) is 4.90 Å². The van der Waals surface area contributed by atoms with Crippen molar-refractivity contribution in [2.75, 3.05) is 6.54 Å². The second kappa shape index (κ2) is 4.78. The molecule has 0 aromatic heterocycles. The minimum atomic E-state index is -0.975. The van der Waals surface area contributed by atoms with Gasteiger partial charge in [0.1, 0.15) is 5.54 Å². The van der Waals surface area contributed by atoms with Gasteiger partial charge in [-0.2, -0.15) is 0 Å². The first kappa shape index (κ1) is 13.2. The quantitative estimate of drug-likeness (QED) is 0.804. The average molecular weight is 254 g/mol. The maximum atomic E-state index is 12.2. The zero-order chi connectivity index (χ0) is 13.3. The van der Waals surface area contributed by atoms with Crippen LogP contribution in [-0.4, -0.2) is 40.1 Å². The summed E-state index contributed by atoms with van der Waals surface area (Å²) in [6.45, 7) is 4.60. The van der Waals surface area contributed by atoms with Gasteiger partial charge in [0, 0.05) is 12.6 Å². The molecule has 2 fully saturated rings. The maximum absolute atomic E-state index is 12.2. The van der Waals surface area contributed by atoms with Crippen molar-refractivity contribution in [1.82, 2.24) is 10.2 Å². The Morgan fingerprint density at radius 2 is 2.17 bits per heavy atom. The molecule has 1 saturated carbocycles. The molecule has 0 radical (unpaired) electrons. The summed E-state index contributed by atoms with van der Waals surface area (Å²) in [5.74, 6) is -0.331. The Balaban J connectivity index is 2.08. The van der Waals surface area contributed by atoms with E-state index < -0.39 is 11.5 Å². The molecule has 1 saturated heterocycles. The minimum absolute atomic E-state index is 0.197. The van der Waals surface area contributed by atoms with Crippen molar-refractivity contribution in [2.45, 2.75) is 57.5 Å². The summed E-state index contributed by atoms with van der Waals surface area (Å²) in [4.78, 5) is 25.3. The lowest BCUT2D eigenvalue weighted by Crippen LogP contribution is -2.56. The van der Waals surface area contributed by atoms with Gasteiger partial charge in [0.25, 0.3) is 0 Å². The highest BCUT2D eigenvalue weighted by molar-refractivity contribution is 5.87. The third-order valence-corrected chi connectivity index (χ3v) is 4.21. The van der Waals surface area contributed by atoms with Crippen LogP contribution in [0.3, 0.4) is 0 Å². The Labute approximate surface area is 108 Å². The van der Waals surface area contributed by atoms with Gasteiger partial charge in [0.05, 0.1) is 0 Å². The fourth-order valence-corrected chi connectivity index (χ4v) is 2.94. The number of nitrogens with one attached hydrogen (secondary N) is 1. The van der Waals surface area contributed by atoms with Gasteiger partial charge in [-0.15, -0.1) is 0 Å². The molecule has 0 aromatic rings. The number of carboxylic acids is 1. The van der Waals surface area contributed by atoms with Crippen molar-refractivity contribution in [3.8, 4) is 0 Å². The Hall–Kier alpha value is -1.26. The van der Waals surface area contributed by atoms with Crippen molar-refractivity contribution in [1.29, 1.82) is 0 Å². The molecule has 18 heavy (non-hydrogen) atoms. The zero-order valence-electron chi connectivity index (χ0n) is 11.1. The smallest absolute Gasteiger partial charge is 0.329 e. The number of urea groups is 1. The molecule has 1 heterocycles. The molecule has 3 atom stereocenters. The lowest BCUT2D eigenvalue weighted by atomic mass is 9.91. The van der Waals surface area contributed by atoms with Crippen LogP contribution in [0.4, 0.5) is 4.79 Å². The second-order valence-electron chi connectivity index (χ2n) is 5.61. The van der Waals surface area contributed by atoms with Crippen LogP contribution in [0, 0.1) is 5.92 Å². The van der Waals surface area contributed by atoms with E-state index in [1.165, 1.54) is 0 Å². The van der Waals surface area contributed by atoms with E-state index in [9.17, 15) is 14.7 Å². The Kier molecular flexibility index (Phi) is 3.50. The standard InChI is InChI=1S/C13H22N2O3/c1-3-5-13(11(16)17)6-4-7-15(13)12(18)14-10-8-9(10)2/h9-10H,3-8H2,1-2H3,(H,14,18)(H,16,17). The van der Waals surface area contributed by atoms with Gasteiger partial charge in [-0.1, -0.05) is 20.3 Å². The Morgan fingerprint density at radius 3 is 2.67 bits per heavy atom. The number of hydrogen-bond donors (Lipinski definition) is 2. The fraction of sp³-hybridized carbons (Fsp3) is 0.846.